The van der Waals surface area contributed by atoms with Gasteiger partial charge in [0.25, 0.3) is 0 Å². The second-order valence-corrected chi connectivity index (χ2v) is 8.11. The quantitative estimate of drug-likeness (QED) is 0.776. The van der Waals surface area contributed by atoms with Crippen molar-refractivity contribution in [3.63, 3.8) is 0 Å². The summed E-state index contributed by atoms with van der Waals surface area (Å²) in [6, 6.07) is 3.92. The van der Waals surface area contributed by atoms with Crippen LogP contribution in [-0.2, 0) is 16.6 Å². The first-order valence-electron chi connectivity index (χ1n) is 9.46. The van der Waals surface area contributed by atoms with Gasteiger partial charge in [-0.15, -0.1) is 0 Å². The summed E-state index contributed by atoms with van der Waals surface area (Å²) < 4.78 is 6.89. The van der Waals surface area contributed by atoms with Crippen molar-refractivity contribution in [1.29, 1.82) is 0 Å². The van der Waals surface area contributed by atoms with Gasteiger partial charge in [0.1, 0.15) is 0 Å². The largest absolute Gasteiger partial charge is 0.461 e. The molecule has 0 saturated heterocycles. The standard InChI is InChI=1S/C20H29N3O2/c1-5-25-19(24)16-13-18-21-15(11-14-9-7-6-8-10-14)12-17(20(2,3)4)23(18)22-16/h12-14H,5-11H2,1-4H3. The van der Waals surface area contributed by atoms with Gasteiger partial charge in [-0.1, -0.05) is 52.9 Å². The van der Waals surface area contributed by atoms with Gasteiger partial charge in [-0.05, 0) is 25.3 Å². The van der Waals surface area contributed by atoms with Gasteiger partial charge in [0, 0.05) is 17.2 Å². The maximum absolute atomic E-state index is 12.1. The minimum atomic E-state index is -0.387. The maximum atomic E-state index is 12.1. The van der Waals surface area contributed by atoms with E-state index in [2.05, 4.69) is 31.9 Å². The first-order chi connectivity index (χ1) is 11.9. The number of carbonyl (C=O) groups excluding carboxylic acids is 1. The van der Waals surface area contributed by atoms with E-state index < -0.39 is 0 Å². The molecule has 0 unspecified atom stereocenters. The summed E-state index contributed by atoms with van der Waals surface area (Å²) in [7, 11) is 0. The van der Waals surface area contributed by atoms with Gasteiger partial charge in [-0.3, -0.25) is 0 Å². The number of rotatable bonds is 4. The van der Waals surface area contributed by atoms with Crippen LogP contribution in [0.3, 0.4) is 0 Å². The summed E-state index contributed by atoms with van der Waals surface area (Å²) >= 11 is 0. The highest BCUT2D eigenvalue weighted by Gasteiger charge is 2.23. The van der Waals surface area contributed by atoms with Crippen LogP contribution in [0.5, 0.6) is 0 Å². The summed E-state index contributed by atoms with van der Waals surface area (Å²) in [5.41, 5.74) is 3.18. The number of hydrogen-bond donors (Lipinski definition) is 0. The molecule has 25 heavy (non-hydrogen) atoms. The molecule has 0 radical (unpaired) electrons. The van der Waals surface area contributed by atoms with E-state index in [1.165, 1.54) is 32.1 Å². The molecule has 1 aliphatic rings. The van der Waals surface area contributed by atoms with Crippen molar-refractivity contribution in [1.82, 2.24) is 14.6 Å². The number of esters is 1. The molecule has 2 heterocycles. The van der Waals surface area contributed by atoms with Crippen molar-refractivity contribution in [2.24, 2.45) is 5.92 Å². The Bertz CT molecular complexity index is 752. The van der Waals surface area contributed by atoms with Gasteiger partial charge in [-0.2, -0.15) is 5.10 Å². The van der Waals surface area contributed by atoms with Crippen LogP contribution in [0.1, 0.15) is 81.7 Å². The van der Waals surface area contributed by atoms with E-state index in [1.807, 2.05) is 0 Å². The summed E-state index contributed by atoms with van der Waals surface area (Å²) in [5.74, 6) is 0.339. The average molecular weight is 343 g/mol. The monoisotopic (exact) mass is 343 g/mol. The van der Waals surface area contributed by atoms with Crippen molar-refractivity contribution in [2.45, 2.75) is 71.6 Å². The molecule has 3 rings (SSSR count). The normalized spacial score (nSPS) is 16.3. The lowest BCUT2D eigenvalue weighted by molar-refractivity contribution is 0.0519. The molecule has 5 heteroatoms. The third-order valence-electron chi connectivity index (χ3n) is 4.96. The topological polar surface area (TPSA) is 56.5 Å². The van der Waals surface area contributed by atoms with Gasteiger partial charge in [0.2, 0.25) is 0 Å². The molecular weight excluding hydrogens is 314 g/mol. The van der Waals surface area contributed by atoms with Gasteiger partial charge in [0.05, 0.1) is 12.3 Å². The molecule has 0 aromatic carbocycles. The van der Waals surface area contributed by atoms with Gasteiger partial charge in [-0.25, -0.2) is 14.3 Å². The SMILES string of the molecule is CCOC(=O)c1cc2nc(CC3CCCCC3)cc(C(C)(C)C)n2n1. The molecule has 0 atom stereocenters. The van der Waals surface area contributed by atoms with E-state index in [0.29, 0.717) is 12.3 Å². The number of nitrogens with zero attached hydrogens (tertiary/aromatic N) is 3. The number of fused-ring (bicyclic) bond motifs is 1. The maximum Gasteiger partial charge on any atom is 0.358 e. The first kappa shape index (κ1) is 17.9. The summed E-state index contributed by atoms with van der Waals surface area (Å²) in [5, 5.41) is 4.47. The molecular formula is C20H29N3O2. The highest BCUT2D eigenvalue weighted by molar-refractivity contribution is 5.88. The van der Waals surface area contributed by atoms with Crippen LogP contribution in [0, 0.1) is 5.92 Å². The zero-order valence-electron chi connectivity index (χ0n) is 15.8. The Hall–Kier alpha value is -1.91. The first-order valence-corrected chi connectivity index (χ1v) is 9.46. The molecule has 0 amide bonds. The minimum Gasteiger partial charge on any atom is -0.461 e. The van der Waals surface area contributed by atoms with Gasteiger partial charge in [0.15, 0.2) is 11.3 Å². The van der Waals surface area contributed by atoms with E-state index in [-0.39, 0.29) is 11.4 Å². The van der Waals surface area contributed by atoms with Crippen molar-refractivity contribution in [3.05, 3.63) is 29.2 Å². The number of hydrogen-bond acceptors (Lipinski definition) is 4. The number of ether oxygens (including phenoxy) is 1. The van der Waals surface area contributed by atoms with Crippen molar-refractivity contribution in [2.75, 3.05) is 6.61 Å². The van der Waals surface area contributed by atoms with E-state index in [0.717, 1.165) is 29.4 Å². The molecule has 1 saturated carbocycles. The summed E-state index contributed by atoms with van der Waals surface area (Å²) in [6.45, 7) is 8.64. The predicted octanol–water partition coefficient (Wildman–Crippen LogP) is 4.33. The number of carbonyl (C=O) groups is 1. The van der Waals surface area contributed by atoms with Crippen LogP contribution in [0.4, 0.5) is 0 Å². The Labute approximate surface area is 149 Å². The molecule has 0 N–H and O–H groups in total. The van der Waals surface area contributed by atoms with E-state index >= 15 is 0 Å². The molecule has 1 fully saturated rings. The second-order valence-electron chi connectivity index (χ2n) is 8.11. The Morgan fingerprint density at radius 3 is 2.60 bits per heavy atom. The molecule has 0 bridgehead atoms. The molecule has 0 aliphatic heterocycles. The lowest BCUT2D eigenvalue weighted by Crippen LogP contribution is -2.19. The van der Waals surface area contributed by atoms with Gasteiger partial charge < -0.3 is 4.74 Å². The van der Waals surface area contributed by atoms with Crippen LogP contribution >= 0.6 is 0 Å². The smallest absolute Gasteiger partial charge is 0.358 e. The molecule has 2 aromatic rings. The zero-order chi connectivity index (χ0) is 18.0. The highest BCUT2D eigenvalue weighted by atomic mass is 16.5. The Morgan fingerprint density at radius 2 is 1.96 bits per heavy atom. The molecule has 1 aliphatic carbocycles. The third-order valence-corrected chi connectivity index (χ3v) is 4.96. The third kappa shape index (κ3) is 4.02. The summed E-state index contributed by atoms with van der Waals surface area (Å²) in [6.07, 6.45) is 7.63. The van der Waals surface area contributed by atoms with Crippen LogP contribution < -0.4 is 0 Å². The van der Waals surface area contributed by atoms with E-state index in [1.54, 1.807) is 17.5 Å². The number of aromatic nitrogens is 3. The van der Waals surface area contributed by atoms with Crippen LogP contribution in [0.15, 0.2) is 12.1 Å². The lowest BCUT2D eigenvalue weighted by atomic mass is 9.85. The molecule has 2 aromatic heterocycles. The lowest BCUT2D eigenvalue weighted by Gasteiger charge is -2.24. The van der Waals surface area contributed by atoms with Gasteiger partial charge >= 0.3 is 5.97 Å². The fraction of sp³-hybridized carbons (Fsp3) is 0.650. The Kier molecular flexibility index (Phi) is 5.11. The fourth-order valence-corrected chi connectivity index (χ4v) is 3.66. The Balaban J connectivity index is 2.00. The van der Waals surface area contributed by atoms with Crippen LogP contribution in [0.25, 0.3) is 5.65 Å². The van der Waals surface area contributed by atoms with Crippen LogP contribution in [0.2, 0.25) is 0 Å². The van der Waals surface area contributed by atoms with Crippen LogP contribution in [-0.4, -0.2) is 27.2 Å². The Morgan fingerprint density at radius 1 is 1.24 bits per heavy atom. The summed E-state index contributed by atoms with van der Waals surface area (Å²) in [4.78, 5) is 16.9. The van der Waals surface area contributed by atoms with E-state index in [4.69, 9.17) is 9.72 Å². The molecule has 136 valence electrons. The average Bonchev–Trinajstić information content (AvgIpc) is 2.98. The fourth-order valence-electron chi connectivity index (χ4n) is 3.66. The van der Waals surface area contributed by atoms with Crippen molar-refractivity contribution in [3.8, 4) is 0 Å². The second kappa shape index (κ2) is 7.14. The van der Waals surface area contributed by atoms with Crippen molar-refractivity contribution >= 4 is 11.6 Å². The predicted molar refractivity (Wildman–Crippen MR) is 97.9 cm³/mol. The molecule has 5 nitrogen and oxygen atoms in total. The zero-order valence-corrected chi connectivity index (χ0v) is 15.8. The van der Waals surface area contributed by atoms with E-state index in [9.17, 15) is 4.79 Å². The minimum absolute atomic E-state index is 0.0829. The molecule has 0 spiro atoms. The highest BCUT2D eigenvalue weighted by Crippen LogP contribution is 2.29. The van der Waals surface area contributed by atoms with Crippen molar-refractivity contribution < 1.29 is 9.53 Å².